The van der Waals surface area contributed by atoms with Crippen LogP contribution in [0.5, 0.6) is 0 Å². The molecular weight excluding hydrogens is 332 g/mol. The Hall–Kier alpha value is -2.81. The molecule has 3 nitrogen and oxygen atoms in total. The first-order chi connectivity index (χ1) is 13.0. The number of nitrogens with one attached hydrogen (secondary N) is 2. The van der Waals surface area contributed by atoms with Crippen LogP contribution < -0.4 is 10.6 Å². The third kappa shape index (κ3) is 3.82. The van der Waals surface area contributed by atoms with Crippen molar-refractivity contribution in [1.82, 2.24) is 0 Å². The van der Waals surface area contributed by atoms with Crippen molar-refractivity contribution in [2.24, 2.45) is 5.41 Å². The van der Waals surface area contributed by atoms with E-state index in [1.54, 1.807) is 0 Å². The first kappa shape index (κ1) is 17.6. The predicted molar refractivity (Wildman–Crippen MR) is 113 cm³/mol. The van der Waals surface area contributed by atoms with Crippen molar-refractivity contribution >= 4 is 23.2 Å². The van der Waals surface area contributed by atoms with E-state index in [1.807, 2.05) is 30.3 Å². The lowest BCUT2D eigenvalue weighted by atomic mass is 9.74. The predicted octanol–water partition coefficient (Wildman–Crippen LogP) is 5.64. The summed E-state index contributed by atoms with van der Waals surface area (Å²) in [5.74, 6) is 0.257. The number of carbonyl (C=O) groups is 1. The molecular formula is C24H26N2O. The number of rotatable bonds is 3. The normalized spacial score (nSPS) is 21.1. The van der Waals surface area contributed by atoms with Crippen molar-refractivity contribution in [3.05, 3.63) is 77.5 Å². The average molecular weight is 358 g/mol. The van der Waals surface area contributed by atoms with Crippen LogP contribution in [0.2, 0.25) is 0 Å². The molecule has 138 valence electrons. The van der Waals surface area contributed by atoms with Gasteiger partial charge >= 0.3 is 0 Å². The van der Waals surface area contributed by atoms with Crippen LogP contribution in [-0.2, 0) is 4.79 Å². The lowest BCUT2D eigenvalue weighted by Crippen LogP contribution is -2.34. The van der Waals surface area contributed by atoms with Gasteiger partial charge in [0.2, 0.25) is 0 Å². The summed E-state index contributed by atoms with van der Waals surface area (Å²) in [7, 11) is 0. The second-order valence-corrected chi connectivity index (χ2v) is 8.25. The van der Waals surface area contributed by atoms with E-state index < -0.39 is 0 Å². The van der Waals surface area contributed by atoms with Crippen molar-refractivity contribution in [3.8, 4) is 0 Å². The van der Waals surface area contributed by atoms with Gasteiger partial charge < -0.3 is 10.6 Å². The maximum absolute atomic E-state index is 13.0. The molecule has 3 heteroatoms. The number of allylic oxidation sites excluding steroid dienone is 1. The van der Waals surface area contributed by atoms with Crippen LogP contribution in [0.15, 0.2) is 71.9 Å². The quantitative estimate of drug-likeness (QED) is 0.746. The number of ketones is 1. The molecule has 2 N–H and O–H groups in total. The van der Waals surface area contributed by atoms with Gasteiger partial charge in [0.25, 0.3) is 0 Å². The Morgan fingerprint density at radius 3 is 2.48 bits per heavy atom. The largest absolute Gasteiger partial charge is 0.376 e. The maximum atomic E-state index is 13.0. The van der Waals surface area contributed by atoms with Crippen molar-refractivity contribution in [3.63, 3.8) is 0 Å². The van der Waals surface area contributed by atoms with Crippen molar-refractivity contribution in [1.29, 1.82) is 0 Å². The van der Waals surface area contributed by atoms with Gasteiger partial charge in [0.1, 0.15) is 0 Å². The second-order valence-electron chi connectivity index (χ2n) is 8.25. The van der Waals surface area contributed by atoms with E-state index in [0.717, 1.165) is 35.5 Å². The van der Waals surface area contributed by atoms with E-state index in [9.17, 15) is 4.79 Å². The molecule has 0 radical (unpaired) electrons. The number of hydrogen-bond acceptors (Lipinski definition) is 3. The zero-order valence-electron chi connectivity index (χ0n) is 16.0. The Bertz CT molecular complexity index is 909. The molecule has 1 aliphatic carbocycles. The molecule has 0 bridgehead atoms. The molecule has 0 saturated heterocycles. The Morgan fingerprint density at radius 1 is 1.00 bits per heavy atom. The van der Waals surface area contributed by atoms with E-state index in [2.05, 4.69) is 60.9 Å². The van der Waals surface area contributed by atoms with Gasteiger partial charge in [-0.05, 0) is 36.0 Å². The lowest BCUT2D eigenvalue weighted by Gasteiger charge is -2.33. The van der Waals surface area contributed by atoms with E-state index in [0.29, 0.717) is 6.42 Å². The molecule has 0 amide bonds. The molecule has 0 saturated carbocycles. The van der Waals surface area contributed by atoms with Crippen LogP contribution in [0.4, 0.5) is 11.4 Å². The number of anilines is 2. The first-order valence-electron chi connectivity index (χ1n) is 9.62. The number of Topliss-reactive ketones (excluding diaryl/α,β-unsaturated/α-hetero) is 1. The summed E-state index contributed by atoms with van der Waals surface area (Å²) in [5, 5.41) is 7.17. The van der Waals surface area contributed by atoms with Gasteiger partial charge in [-0.1, -0.05) is 68.5 Å². The highest BCUT2D eigenvalue weighted by Crippen LogP contribution is 2.42. The molecule has 2 aliphatic rings. The Morgan fingerprint density at radius 2 is 1.70 bits per heavy atom. The average Bonchev–Trinajstić information content (AvgIpc) is 2.77. The highest BCUT2D eigenvalue weighted by Gasteiger charge is 2.37. The van der Waals surface area contributed by atoms with Crippen molar-refractivity contribution in [2.45, 2.75) is 39.2 Å². The minimum Gasteiger partial charge on any atom is -0.376 e. The minimum absolute atomic E-state index is 0.00731. The van der Waals surface area contributed by atoms with Crippen molar-refractivity contribution in [2.75, 3.05) is 10.6 Å². The summed E-state index contributed by atoms with van der Waals surface area (Å²) in [6.45, 7) is 4.34. The van der Waals surface area contributed by atoms with E-state index in [4.69, 9.17) is 0 Å². The van der Waals surface area contributed by atoms with Crippen LogP contribution in [0, 0.1) is 5.41 Å². The Balaban J connectivity index is 1.67. The molecule has 2 aromatic carbocycles. The molecule has 1 unspecified atom stereocenters. The molecule has 0 spiro atoms. The van der Waals surface area contributed by atoms with Gasteiger partial charge in [-0.15, -0.1) is 0 Å². The van der Waals surface area contributed by atoms with Crippen LogP contribution in [0.1, 0.15) is 38.7 Å². The third-order valence-corrected chi connectivity index (χ3v) is 5.29. The Kier molecular flexibility index (Phi) is 4.61. The van der Waals surface area contributed by atoms with Gasteiger partial charge in [-0.2, -0.15) is 0 Å². The molecule has 1 atom stereocenters. The summed E-state index contributed by atoms with van der Waals surface area (Å²) in [6, 6.07) is 18.5. The van der Waals surface area contributed by atoms with Gasteiger partial charge in [0.15, 0.2) is 5.78 Å². The topological polar surface area (TPSA) is 41.1 Å². The number of carbonyl (C=O) groups excluding carboxylic acids is 1. The maximum Gasteiger partial charge on any atom is 0.163 e. The summed E-state index contributed by atoms with van der Waals surface area (Å²) in [5.41, 5.74) is 5.26. The molecule has 1 heterocycles. The third-order valence-electron chi connectivity index (χ3n) is 5.29. The standard InChI is InChI=1S/C24H26N2O/c1-24(2)15-21-23(22(27)16-24)20(14-8-11-17-9-4-3-5-10-17)25-18-12-6-7-13-19(18)26-21/h3-13,20,25-26H,14-16H2,1-2H3. The number of fused-ring (bicyclic) bond motifs is 1. The molecule has 2 aromatic rings. The fraction of sp³-hybridized carbons (Fsp3) is 0.292. The summed E-state index contributed by atoms with van der Waals surface area (Å²) in [6.07, 6.45) is 6.56. The number of para-hydroxylation sites is 2. The van der Waals surface area contributed by atoms with Gasteiger partial charge in [-0.3, -0.25) is 4.79 Å². The smallest absolute Gasteiger partial charge is 0.163 e. The molecule has 0 aromatic heterocycles. The SMILES string of the molecule is CC1(C)CC(=O)C2=C(C1)Nc1ccccc1NC2CC=Cc1ccccc1. The fourth-order valence-corrected chi connectivity index (χ4v) is 4.07. The second kappa shape index (κ2) is 7.07. The highest BCUT2D eigenvalue weighted by atomic mass is 16.1. The molecule has 27 heavy (non-hydrogen) atoms. The summed E-state index contributed by atoms with van der Waals surface area (Å²) < 4.78 is 0. The van der Waals surface area contributed by atoms with Crippen LogP contribution in [0.25, 0.3) is 6.08 Å². The highest BCUT2D eigenvalue weighted by molar-refractivity contribution is 6.00. The zero-order valence-corrected chi connectivity index (χ0v) is 16.0. The van der Waals surface area contributed by atoms with E-state index in [-0.39, 0.29) is 17.2 Å². The minimum atomic E-state index is -0.0142. The monoisotopic (exact) mass is 358 g/mol. The zero-order chi connectivity index (χ0) is 18.9. The van der Waals surface area contributed by atoms with E-state index in [1.165, 1.54) is 5.56 Å². The van der Waals surface area contributed by atoms with Gasteiger partial charge in [-0.25, -0.2) is 0 Å². The number of hydrogen-bond donors (Lipinski definition) is 2. The summed E-state index contributed by atoms with van der Waals surface area (Å²) in [4.78, 5) is 13.0. The summed E-state index contributed by atoms with van der Waals surface area (Å²) >= 11 is 0. The van der Waals surface area contributed by atoms with Crippen LogP contribution >= 0.6 is 0 Å². The number of benzene rings is 2. The van der Waals surface area contributed by atoms with Crippen LogP contribution in [-0.4, -0.2) is 11.8 Å². The first-order valence-corrected chi connectivity index (χ1v) is 9.62. The van der Waals surface area contributed by atoms with Gasteiger partial charge in [0, 0.05) is 17.7 Å². The lowest BCUT2D eigenvalue weighted by molar-refractivity contribution is -0.118. The molecule has 0 fully saturated rings. The molecule has 1 aliphatic heterocycles. The Labute approximate surface area is 161 Å². The fourth-order valence-electron chi connectivity index (χ4n) is 4.07. The van der Waals surface area contributed by atoms with Crippen LogP contribution in [0.3, 0.4) is 0 Å². The molecule has 4 rings (SSSR count). The van der Waals surface area contributed by atoms with Gasteiger partial charge in [0.05, 0.1) is 17.4 Å². The van der Waals surface area contributed by atoms with E-state index >= 15 is 0 Å². The van der Waals surface area contributed by atoms with Crippen molar-refractivity contribution < 1.29 is 4.79 Å².